The monoisotopic (exact) mass is 346 g/mol. The molecule has 4 heteroatoms. The van der Waals surface area contributed by atoms with Crippen LogP contribution in [0.3, 0.4) is 0 Å². The van der Waals surface area contributed by atoms with Gasteiger partial charge in [0.15, 0.2) is 0 Å². The highest BCUT2D eigenvalue weighted by atomic mass is 35.5. The van der Waals surface area contributed by atoms with Gasteiger partial charge in [-0.25, -0.2) is 0 Å². The van der Waals surface area contributed by atoms with E-state index in [1.807, 2.05) is 61.0 Å². The lowest BCUT2D eigenvalue weighted by molar-refractivity contribution is 0.396. The Morgan fingerprint density at radius 3 is 1.43 bits per heavy atom. The molecule has 2 aromatic rings. The van der Waals surface area contributed by atoms with Crippen LogP contribution in [-0.4, -0.2) is 25.5 Å². The normalized spacial score (nSPS) is 12.3. The standard InChI is InChI=1S/C19H20Cl2N2/c1-19(2,13-22-11-15-3-7-17(20)8-4-15)14-23-12-16-5-9-18(21)10-6-16/h3-12H,13-14H2,1-2H3. The summed E-state index contributed by atoms with van der Waals surface area (Å²) in [5.41, 5.74) is 2.11. The number of halogens is 2. The first-order chi connectivity index (χ1) is 10.9. The van der Waals surface area contributed by atoms with Gasteiger partial charge in [-0.05, 0) is 35.4 Å². The highest BCUT2D eigenvalue weighted by Gasteiger charge is 2.15. The second-order valence-electron chi connectivity index (χ2n) is 6.21. The molecule has 0 N–H and O–H groups in total. The summed E-state index contributed by atoms with van der Waals surface area (Å²) in [4.78, 5) is 9.04. The fraction of sp³-hybridized carbons (Fsp3) is 0.263. The third kappa shape index (κ3) is 6.55. The maximum atomic E-state index is 5.87. The predicted octanol–water partition coefficient (Wildman–Crippen LogP) is 5.56. The topological polar surface area (TPSA) is 24.7 Å². The molecule has 0 unspecified atom stereocenters. The van der Waals surface area contributed by atoms with Crippen LogP contribution in [0, 0.1) is 5.41 Å². The minimum atomic E-state index is 0.00580. The van der Waals surface area contributed by atoms with Crippen molar-refractivity contribution in [2.75, 3.05) is 13.1 Å². The van der Waals surface area contributed by atoms with Crippen LogP contribution in [0.4, 0.5) is 0 Å². The molecule has 120 valence electrons. The van der Waals surface area contributed by atoms with E-state index in [9.17, 15) is 0 Å². The average Bonchev–Trinajstić information content (AvgIpc) is 2.51. The van der Waals surface area contributed by atoms with Crippen LogP contribution in [0.2, 0.25) is 10.0 Å². The number of nitrogens with zero attached hydrogens (tertiary/aromatic N) is 2. The molecular formula is C19H20Cl2N2. The molecule has 2 rings (SSSR count). The van der Waals surface area contributed by atoms with E-state index in [1.54, 1.807) is 0 Å². The lowest BCUT2D eigenvalue weighted by Gasteiger charge is -2.19. The highest BCUT2D eigenvalue weighted by molar-refractivity contribution is 6.30. The summed E-state index contributed by atoms with van der Waals surface area (Å²) in [7, 11) is 0. The first-order valence-corrected chi connectivity index (χ1v) is 8.21. The zero-order valence-corrected chi connectivity index (χ0v) is 14.8. The molecule has 0 amide bonds. The van der Waals surface area contributed by atoms with Gasteiger partial charge in [-0.3, -0.25) is 9.98 Å². The molecule has 0 saturated carbocycles. The van der Waals surface area contributed by atoms with E-state index in [2.05, 4.69) is 23.8 Å². The van der Waals surface area contributed by atoms with Gasteiger partial charge in [0.2, 0.25) is 0 Å². The van der Waals surface area contributed by atoms with Gasteiger partial charge >= 0.3 is 0 Å². The quantitative estimate of drug-likeness (QED) is 0.612. The van der Waals surface area contributed by atoms with Crippen molar-refractivity contribution in [3.8, 4) is 0 Å². The number of hydrogen-bond acceptors (Lipinski definition) is 2. The fourth-order valence-electron chi connectivity index (χ4n) is 1.94. The zero-order chi connectivity index (χ0) is 16.7. The van der Waals surface area contributed by atoms with E-state index in [0.29, 0.717) is 13.1 Å². The van der Waals surface area contributed by atoms with Crippen molar-refractivity contribution in [3.05, 3.63) is 69.7 Å². The minimum absolute atomic E-state index is 0.00580. The van der Waals surface area contributed by atoms with Gasteiger partial charge in [0.05, 0.1) is 0 Å². The van der Waals surface area contributed by atoms with Crippen LogP contribution >= 0.6 is 23.2 Å². The summed E-state index contributed by atoms with van der Waals surface area (Å²) in [6.45, 7) is 5.75. The number of hydrogen-bond donors (Lipinski definition) is 0. The Labute approximate surface area is 147 Å². The third-order valence-electron chi connectivity index (χ3n) is 3.26. The van der Waals surface area contributed by atoms with Crippen molar-refractivity contribution in [1.82, 2.24) is 0 Å². The second-order valence-corrected chi connectivity index (χ2v) is 7.08. The molecule has 0 fully saturated rings. The summed E-state index contributed by atoms with van der Waals surface area (Å²) in [6, 6.07) is 15.3. The number of aliphatic imine (C=N–C) groups is 2. The molecule has 0 saturated heterocycles. The first kappa shape index (κ1) is 17.7. The van der Waals surface area contributed by atoms with E-state index in [4.69, 9.17) is 23.2 Å². The summed E-state index contributed by atoms with van der Waals surface area (Å²) in [6.07, 6.45) is 3.75. The van der Waals surface area contributed by atoms with Gasteiger partial charge in [-0.1, -0.05) is 61.3 Å². The molecule has 2 aromatic carbocycles. The predicted molar refractivity (Wildman–Crippen MR) is 102 cm³/mol. The Morgan fingerprint density at radius 2 is 1.09 bits per heavy atom. The van der Waals surface area contributed by atoms with Gasteiger partial charge in [0.1, 0.15) is 0 Å². The SMILES string of the molecule is CC(C)(CN=Cc1ccc(Cl)cc1)CN=Cc1ccc(Cl)cc1. The summed E-state index contributed by atoms with van der Waals surface area (Å²) in [5.74, 6) is 0. The molecule has 0 atom stereocenters. The largest absolute Gasteiger partial charge is 0.292 e. The third-order valence-corrected chi connectivity index (χ3v) is 3.76. The molecule has 23 heavy (non-hydrogen) atoms. The van der Waals surface area contributed by atoms with Gasteiger partial charge in [-0.2, -0.15) is 0 Å². The van der Waals surface area contributed by atoms with E-state index >= 15 is 0 Å². The maximum absolute atomic E-state index is 5.87. The molecular weight excluding hydrogens is 327 g/mol. The molecule has 0 bridgehead atoms. The van der Waals surface area contributed by atoms with Crippen LogP contribution in [-0.2, 0) is 0 Å². The van der Waals surface area contributed by atoms with Crippen molar-refractivity contribution in [2.24, 2.45) is 15.4 Å². The molecule has 0 aliphatic rings. The van der Waals surface area contributed by atoms with Crippen molar-refractivity contribution in [2.45, 2.75) is 13.8 Å². The molecule has 0 spiro atoms. The Kier molecular flexibility index (Phi) is 6.37. The van der Waals surface area contributed by atoms with Gasteiger partial charge < -0.3 is 0 Å². The van der Waals surface area contributed by atoms with Crippen LogP contribution in [0.25, 0.3) is 0 Å². The summed E-state index contributed by atoms with van der Waals surface area (Å²) < 4.78 is 0. The molecule has 0 aromatic heterocycles. The maximum Gasteiger partial charge on any atom is 0.0458 e. The van der Waals surface area contributed by atoms with Crippen molar-refractivity contribution in [3.63, 3.8) is 0 Å². The molecule has 2 nitrogen and oxygen atoms in total. The Balaban J connectivity index is 1.86. The highest BCUT2D eigenvalue weighted by Crippen LogP contribution is 2.16. The van der Waals surface area contributed by atoms with E-state index in [-0.39, 0.29) is 5.41 Å². The molecule has 0 heterocycles. The molecule has 0 aliphatic carbocycles. The lowest BCUT2D eigenvalue weighted by atomic mass is 9.94. The van der Waals surface area contributed by atoms with E-state index in [0.717, 1.165) is 21.2 Å². The average molecular weight is 347 g/mol. The van der Waals surface area contributed by atoms with Crippen molar-refractivity contribution in [1.29, 1.82) is 0 Å². The molecule has 0 aliphatic heterocycles. The minimum Gasteiger partial charge on any atom is -0.292 e. The number of benzene rings is 2. The lowest BCUT2D eigenvalue weighted by Crippen LogP contribution is -2.19. The zero-order valence-electron chi connectivity index (χ0n) is 13.3. The smallest absolute Gasteiger partial charge is 0.0458 e. The van der Waals surface area contributed by atoms with Gasteiger partial charge in [0.25, 0.3) is 0 Å². The Bertz CT molecular complexity index is 612. The second kappa shape index (κ2) is 8.28. The van der Waals surface area contributed by atoms with E-state index < -0.39 is 0 Å². The Morgan fingerprint density at radius 1 is 0.739 bits per heavy atom. The molecule has 0 radical (unpaired) electrons. The van der Waals surface area contributed by atoms with Crippen LogP contribution in [0.5, 0.6) is 0 Å². The van der Waals surface area contributed by atoms with Crippen LogP contribution in [0.15, 0.2) is 58.5 Å². The van der Waals surface area contributed by atoms with Crippen molar-refractivity contribution < 1.29 is 0 Å². The fourth-order valence-corrected chi connectivity index (χ4v) is 2.20. The summed E-state index contributed by atoms with van der Waals surface area (Å²) in [5, 5.41) is 1.47. The van der Waals surface area contributed by atoms with Crippen LogP contribution in [0.1, 0.15) is 25.0 Å². The van der Waals surface area contributed by atoms with Gasteiger partial charge in [-0.15, -0.1) is 0 Å². The first-order valence-electron chi connectivity index (χ1n) is 7.45. The van der Waals surface area contributed by atoms with Crippen molar-refractivity contribution >= 4 is 35.6 Å². The summed E-state index contributed by atoms with van der Waals surface area (Å²) >= 11 is 11.7. The number of rotatable bonds is 6. The van der Waals surface area contributed by atoms with Gasteiger partial charge in [0, 0.05) is 41.0 Å². The van der Waals surface area contributed by atoms with Crippen LogP contribution < -0.4 is 0 Å². The Hall–Kier alpha value is -1.64. The van der Waals surface area contributed by atoms with E-state index in [1.165, 1.54) is 0 Å².